The lowest BCUT2D eigenvalue weighted by molar-refractivity contribution is -0.140. The van der Waals surface area contributed by atoms with Crippen molar-refractivity contribution in [2.24, 2.45) is 7.05 Å². The number of carbonyl (C=O) groups excluding carboxylic acids is 1. The summed E-state index contributed by atoms with van der Waals surface area (Å²) in [4.78, 5) is 23.1. The molecule has 9 nitrogen and oxygen atoms in total. The van der Waals surface area contributed by atoms with Gasteiger partial charge in [-0.05, 0) is 31.0 Å². The van der Waals surface area contributed by atoms with Crippen LogP contribution in [0.5, 0.6) is 11.5 Å². The Morgan fingerprint density at radius 3 is 2.36 bits per heavy atom. The molecule has 9 heteroatoms. The van der Waals surface area contributed by atoms with Crippen molar-refractivity contribution in [1.29, 1.82) is 0 Å². The zero-order valence-corrected chi connectivity index (χ0v) is 21.1. The minimum Gasteiger partial charge on any atom is -0.497 e. The average Bonchev–Trinajstić information content (AvgIpc) is 3.35. The summed E-state index contributed by atoms with van der Waals surface area (Å²) in [6, 6.07) is 11.9. The molecule has 0 unspecified atom stereocenters. The fourth-order valence-electron chi connectivity index (χ4n) is 4.03. The zero-order chi connectivity index (χ0) is 25.5. The number of hydrogen-bond donors (Lipinski definition) is 0. The first kappa shape index (κ1) is 25.0. The van der Waals surface area contributed by atoms with Gasteiger partial charge in [-0.25, -0.2) is 4.98 Å². The number of benzene rings is 2. The largest absolute Gasteiger partial charge is 0.497 e. The lowest BCUT2D eigenvalue weighted by atomic mass is 10.1. The molecule has 4 aromatic rings. The fraction of sp³-hybridized carbons (Fsp3) is 0.333. The van der Waals surface area contributed by atoms with E-state index in [0.29, 0.717) is 17.9 Å². The fourth-order valence-corrected chi connectivity index (χ4v) is 4.03. The van der Waals surface area contributed by atoms with E-state index in [-0.39, 0.29) is 5.97 Å². The Hall–Kier alpha value is -4.14. The highest BCUT2D eigenvalue weighted by Gasteiger charge is 2.15. The number of fused-ring (bicyclic) bond motifs is 1. The van der Waals surface area contributed by atoms with E-state index in [9.17, 15) is 4.79 Å². The predicted molar refractivity (Wildman–Crippen MR) is 139 cm³/mol. The van der Waals surface area contributed by atoms with Crippen LogP contribution in [0.25, 0.3) is 22.3 Å². The Balaban J connectivity index is 1.66. The van der Waals surface area contributed by atoms with E-state index >= 15 is 0 Å². The summed E-state index contributed by atoms with van der Waals surface area (Å²) >= 11 is 0. The quantitative estimate of drug-likeness (QED) is 0.217. The van der Waals surface area contributed by atoms with E-state index in [2.05, 4.69) is 15.0 Å². The first-order valence-electron chi connectivity index (χ1n) is 11.8. The summed E-state index contributed by atoms with van der Waals surface area (Å²) in [6.07, 6.45) is 8.45. The molecular weight excluding hydrogens is 458 g/mol. The second-order valence-corrected chi connectivity index (χ2v) is 8.44. The smallest absolute Gasteiger partial charge is 0.305 e. The molecular formula is C27H31N5O4. The maximum Gasteiger partial charge on any atom is 0.305 e. The molecule has 0 spiro atoms. The van der Waals surface area contributed by atoms with Gasteiger partial charge in [-0.3, -0.25) is 14.5 Å². The number of rotatable bonds is 11. The number of aryl methyl sites for hydroxylation is 1. The molecule has 2 heterocycles. The Bertz CT molecular complexity index is 1310. The van der Waals surface area contributed by atoms with Crippen LogP contribution in [-0.2, 0) is 16.6 Å². The average molecular weight is 490 g/mol. The number of aromatic nitrogens is 4. The van der Waals surface area contributed by atoms with Crippen molar-refractivity contribution in [3.05, 3.63) is 55.0 Å². The lowest BCUT2D eigenvalue weighted by Crippen LogP contribution is -2.19. The number of hydrogen-bond acceptors (Lipinski definition) is 8. The predicted octanol–water partition coefficient (Wildman–Crippen LogP) is 4.92. The van der Waals surface area contributed by atoms with Crippen LogP contribution < -0.4 is 14.4 Å². The van der Waals surface area contributed by atoms with Crippen molar-refractivity contribution in [2.75, 3.05) is 32.8 Å². The van der Waals surface area contributed by atoms with Gasteiger partial charge in [0.15, 0.2) is 0 Å². The molecule has 0 aliphatic rings. The summed E-state index contributed by atoms with van der Waals surface area (Å²) in [7, 11) is 6.58. The molecule has 2 aromatic carbocycles. The summed E-state index contributed by atoms with van der Waals surface area (Å²) in [6.45, 7) is 0.735. The molecule has 0 aliphatic carbocycles. The van der Waals surface area contributed by atoms with Gasteiger partial charge in [-0.15, -0.1) is 0 Å². The van der Waals surface area contributed by atoms with Crippen LogP contribution in [-0.4, -0.2) is 53.6 Å². The SMILES string of the molecule is COC(=O)CCCCCN(c1cc(OC)cc(OC)c1)c1ccc2ncc(-c3cnn(C)c3)nc2c1. The second-order valence-electron chi connectivity index (χ2n) is 8.44. The molecule has 2 aromatic heterocycles. The monoisotopic (exact) mass is 489 g/mol. The van der Waals surface area contributed by atoms with Gasteiger partial charge in [0.1, 0.15) is 11.5 Å². The molecule has 0 saturated carbocycles. The molecule has 4 rings (SSSR count). The molecule has 0 radical (unpaired) electrons. The Kier molecular flexibility index (Phi) is 7.99. The third-order valence-electron chi connectivity index (χ3n) is 5.98. The molecule has 0 bridgehead atoms. The molecule has 0 amide bonds. The topological polar surface area (TPSA) is 91.6 Å². The van der Waals surface area contributed by atoms with Crippen LogP contribution in [0.3, 0.4) is 0 Å². The highest BCUT2D eigenvalue weighted by atomic mass is 16.5. The van der Waals surface area contributed by atoms with E-state index in [4.69, 9.17) is 19.2 Å². The number of carbonyl (C=O) groups is 1. The van der Waals surface area contributed by atoms with Crippen LogP contribution >= 0.6 is 0 Å². The first-order chi connectivity index (χ1) is 17.5. The Labute approximate surface area is 210 Å². The summed E-state index contributed by atoms with van der Waals surface area (Å²) in [5.74, 6) is 1.24. The van der Waals surface area contributed by atoms with Gasteiger partial charge in [0.2, 0.25) is 0 Å². The number of esters is 1. The van der Waals surface area contributed by atoms with Crippen molar-refractivity contribution >= 4 is 28.4 Å². The van der Waals surface area contributed by atoms with Crippen molar-refractivity contribution in [3.8, 4) is 22.8 Å². The van der Waals surface area contributed by atoms with E-state index < -0.39 is 0 Å². The van der Waals surface area contributed by atoms with Crippen LogP contribution in [0.15, 0.2) is 55.0 Å². The molecule has 0 fully saturated rings. The van der Waals surface area contributed by atoms with Gasteiger partial charge in [0.25, 0.3) is 0 Å². The Morgan fingerprint density at radius 1 is 0.917 bits per heavy atom. The molecule has 0 aliphatic heterocycles. The van der Waals surface area contributed by atoms with Gasteiger partial charge in [0.05, 0.1) is 50.5 Å². The normalized spacial score (nSPS) is 10.9. The van der Waals surface area contributed by atoms with Gasteiger partial charge < -0.3 is 19.1 Å². The number of methoxy groups -OCH3 is 3. The molecule has 36 heavy (non-hydrogen) atoms. The molecule has 0 N–H and O–H groups in total. The van der Waals surface area contributed by atoms with Gasteiger partial charge in [-0.1, -0.05) is 6.42 Å². The van der Waals surface area contributed by atoms with Gasteiger partial charge >= 0.3 is 5.97 Å². The van der Waals surface area contributed by atoms with E-state index in [1.54, 1.807) is 31.3 Å². The molecule has 188 valence electrons. The lowest BCUT2D eigenvalue weighted by Gasteiger charge is -2.26. The van der Waals surface area contributed by atoms with Gasteiger partial charge in [-0.2, -0.15) is 5.10 Å². The van der Waals surface area contributed by atoms with Crippen molar-refractivity contribution in [1.82, 2.24) is 19.7 Å². The van der Waals surface area contributed by atoms with Crippen LogP contribution in [0.1, 0.15) is 25.7 Å². The third kappa shape index (κ3) is 5.91. The number of unbranched alkanes of at least 4 members (excludes halogenated alkanes) is 2. The highest BCUT2D eigenvalue weighted by molar-refractivity contribution is 5.82. The summed E-state index contributed by atoms with van der Waals surface area (Å²) in [5, 5.41) is 4.24. The minimum atomic E-state index is -0.179. The zero-order valence-electron chi connectivity index (χ0n) is 21.1. The number of nitrogens with zero attached hydrogens (tertiary/aromatic N) is 5. The van der Waals surface area contributed by atoms with E-state index in [0.717, 1.165) is 59.5 Å². The maximum absolute atomic E-state index is 11.5. The number of ether oxygens (including phenoxy) is 3. The minimum absolute atomic E-state index is 0.179. The molecule has 0 atom stereocenters. The van der Waals surface area contributed by atoms with Crippen LogP contribution in [0, 0.1) is 0 Å². The highest BCUT2D eigenvalue weighted by Crippen LogP contribution is 2.34. The first-order valence-corrected chi connectivity index (χ1v) is 11.8. The van der Waals surface area contributed by atoms with Gasteiger partial charge in [0, 0.05) is 61.3 Å². The van der Waals surface area contributed by atoms with Crippen molar-refractivity contribution in [2.45, 2.75) is 25.7 Å². The third-order valence-corrected chi connectivity index (χ3v) is 5.98. The number of anilines is 2. The van der Waals surface area contributed by atoms with Crippen LogP contribution in [0.2, 0.25) is 0 Å². The van der Waals surface area contributed by atoms with Crippen LogP contribution in [0.4, 0.5) is 11.4 Å². The Morgan fingerprint density at radius 2 is 1.69 bits per heavy atom. The summed E-state index contributed by atoms with van der Waals surface area (Å²) < 4.78 is 17.5. The van der Waals surface area contributed by atoms with E-state index in [1.165, 1.54) is 7.11 Å². The molecule has 0 saturated heterocycles. The maximum atomic E-state index is 11.5. The van der Waals surface area contributed by atoms with Crippen molar-refractivity contribution in [3.63, 3.8) is 0 Å². The summed E-state index contributed by atoms with van der Waals surface area (Å²) in [5.41, 5.74) is 5.20. The van der Waals surface area contributed by atoms with Crippen molar-refractivity contribution < 1.29 is 19.0 Å². The second kappa shape index (κ2) is 11.5. The standard InChI is InChI=1S/C27H31N5O4/c1-31-18-19(16-29-31)26-17-28-24-10-9-20(14-25(24)30-26)32(11-7-5-6-8-27(33)36-4)21-12-22(34-2)15-23(13-21)35-3/h9-10,12-18H,5-8,11H2,1-4H3. The van der Waals surface area contributed by atoms with E-state index in [1.807, 2.05) is 49.6 Å².